The summed E-state index contributed by atoms with van der Waals surface area (Å²) in [7, 11) is 0. The minimum atomic E-state index is -0.438. The van der Waals surface area contributed by atoms with Gasteiger partial charge in [0, 0.05) is 12.1 Å². The quantitative estimate of drug-likeness (QED) is 0.137. The Balaban J connectivity index is 1.53. The van der Waals surface area contributed by atoms with Crippen molar-refractivity contribution in [3.05, 3.63) is 82.9 Å². The third-order valence-electron chi connectivity index (χ3n) is 4.91. The average molecular weight is 418 g/mol. The smallest absolute Gasteiger partial charge is 0.269 e. The maximum absolute atomic E-state index is 10.7. The molecule has 0 saturated carbocycles. The van der Waals surface area contributed by atoms with E-state index < -0.39 is 4.92 Å². The largest absolute Gasteiger partial charge is 0.494 e. The fourth-order valence-corrected chi connectivity index (χ4v) is 3.12. The Labute approximate surface area is 182 Å². The second-order valence-corrected chi connectivity index (χ2v) is 7.31. The fraction of sp³-hybridized carbons (Fsp3) is 0.280. The van der Waals surface area contributed by atoms with Crippen LogP contribution in [0.3, 0.4) is 0 Å². The van der Waals surface area contributed by atoms with Crippen molar-refractivity contribution in [2.75, 3.05) is 6.61 Å². The third kappa shape index (κ3) is 7.03. The summed E-state index contributed by atoms with van der Waals surface area (Å²) >= 11 is 0. The first kappa shape index (κ1) is 22.2. The molecule has 0 saturated heterocycles. The Kier molecular flexibility index (Phi) is 8.29. The molecule has 3 aromatic carbocycles. The van der Waals surface area contributed by atoms with Gasteiger partial charge in [0.2, 0.25) is 0 Å². The molecule has 0 unspecified atom stereocenters. The van der Waals surface area contributed by atoms with Crippen molar-refractivity contribution in [1.82, 2.24) is 0 Å². The Morgan fingerprint density at radius 3 is 1.81 bits per heavy atom. The van der Waals surface area contributed by atoms with Crippen molar-refractivity contribution in [2.24, 2.45) is 10.2 Å². The average Bonchev–Trinajstić information content (AvgIpc) is 2.81. The minimum absolute atomic E-state index is 0.0340. The zero-order valence-electron chi connectivity index (χ0n) is 17.7. The second-order valence-electron chi connectivity index (χ2n) is 7.31. The summed E-state index contributed by atoms with van der Waals surface area (Å²) in [5.41, 5.74) is 3.50. The summed E-state index contributed by atoms with van der Waals surface area (Å²) in [4.78, 5) is 10.3. The first-order valence-electron chi connectivity index (χ1n) is 10.6. The van der Waals surface area contributed by atoms with Gasteiger partial charge in [-0.25, -0.2) is 0 Å². The minimum Gasteiger partial charge on any atom is -0.494 e. The van der Waals surface area contributed by atoms with Crippen LogP contribution in [0.15, 0.2) is 83.0 Å². The van der Waals surface area contributed by atoms with E-state index >= 15 is 0 Å². The molecule has 0 bridgehead atoms. The first-order chi connectivity index (χ1) is 15.2. The maximum atomic E-state index is 10.7. The van der Waals surface area contributed by atoms with Crippen molar-refractivity contribution in [2.45, 2.75) is 39.0 Å². The zero-order chi connectivity index (χ0) is 21.9. The highest BCUT2D eigenvalue weighted by molar-refractivity contribution is 5.66. The normalized spacial score (nSPS) is 11.0. The van der Waals surface area contributed by atoms with Crippen LogP contribution >= 0.6 is 0 Å². The Morgan fingerprint density at radius 2 is 1.26 bits per heavy atom. The highest BCUT2D eigenvalue weighted by atomic mass is 16.6. The predicted molar refractivity (Wildman–Crippen MR) is 123 cm³/mol. The van der Waals surface area contributed by atoms with Crippen molar-refractivity contribution in [1.29, 1.82) is 0 Å². The zero-order valence-corrected chi connectivity index (χ0v) is 17.7. The molecular formula is C25H27N3O3. The number of azo groups is 1. The molecule has 0 radical (unpaired) electrons. The molecule has 6 nitrogen and oxygen atoms in total. The van der Waals surface area contributed by atoms with Gasteiger partial charge in [-0.3, -0.25) is 10.1 Å². The van der Waals surface area contributed by atoms with E-state index in [4.69, 9.17) is 4.74 Å². The van der Waals surface area contributed by atoms with E-state index in [-0.39, 0.29) is 5.69 Å². The fourth-order valence-electron chi connectivity index (χ4n) is 3.12. The lowest BCUT2D eigenvalue weighted by Crippen LogP contribution is -1.97. The van der Waals surface area contributed by atoms with Crippen LogP contribution in [-0.2, 0) is 0 Å². The predicted octanol–water partition coefficient (Wildman–Crippen LogP) is 8.03. The maximum Gasteiger partial charge on any atom is 0.269 e. The number of nitro groups is 1. The van der Waals surface area contributed by atoms with Gasteiger partial charge in [0.25, 0.3) is 5.69 Å². The van der Waals surface area contributed by atoms with Crippen LogP contribution < -0.4 is 4.74 Å². The summed E-state index contributed by atoms with van der Waals surface area (Å²) in [5.74, 6) is 0.896. The number of unbranched alkanes of at least 4 members (excludes halogenated alkanes) is 4. The van der Waals surface area contributed by atoms with Gasteiger partial charge in [-0.1, -0.05) is 56.9 Å². The topological polar surface area (TPSA) is 77.1 Å². The Hall–Kier alpha value is -3.54. The SMILES string of the molecule is CCCCCCCOc1ccc(-c2ccc(N=Nc3ccc([N+](=O)[O-])cc3)cc2)cc1. The van der Waals surface area contributed by atoms with Crippen LogP contribution in [0.4, 0.5) is 17.1 Å². The van der Waals surface area contributed by atoms with Crippen LogP contribution in [0, 0.1) is 10.1 Å². The molecule has 0 N–H and O–H groups in total. The van der Waals surface area contributed by atoms with E-state index in [0.29, 0.717) is 11.4 Å². The standard InChI is InChI=1S/C25H27N3O3/c1-2-3-4-5-6-19-31-25-17-9-21(10-18-25)20-7-11-22(12-8-20)26-27-23-13-15-24(16-14-23)28(29)30/h7-18H,2-6,19H2,1H3. The molecule has 31 heavy (non-hydrogen) atoms. The van der Waals surface area contributed by atoms with E-state index in [9.17, 15) is 10.1 Å². The van der Waals surface area contributed by atoms with Gasteiger partial charge in [-0.2, -0.15) is 10.2 Å². The highest BCUT2D eigenvalue weighted by Crippen LogP contribution is 2.26. The summed E-state index contributed by atoms with van der Waals surface area (Å²) < 4.78 is 5.83. The van der Waals surface area contributed by atoms with Crippen molar-refractivity contribution < 1.29 is 9.66 Å². The molecule has 0 heterocycles. The molecule has 0 aliphatic heterocycles. The van der Waals surface area contributed by atoms with Gasteiger partial charge in [0.15, 0.2) is 0 Å². The number of nitrogens with zero attached hydrogens (tertiary/aromatic N) is 3. The Bertz CT molecular complexity index is 982. The third-order valence-corrected chi connectivity index (χ3v) is 4.91. The molecule has 6 heteroatoms. The Morgan fingerprint density at radius 1 is 0.742 bits per heavy atom. The van der Waals surface area contributed by atoms with E-state index in [2.05, 4.69) is 29.3 Å². The number of nitro benzene ring substituents is 1. The van der Waals surface area contributed by atoms with Gasteiger partial charge in [0.1, 0.15) is 5.75 Å². The molecule has 3 aromatic rings. The summed E-state index contributed by atoms with van der Waals surface area (Å²) in [6, 6.07) is 21.9. The van der Waals surface area contributed by atoms with Gasteiger partial charge < -0.3 is 4.74 Å². The van der Waals surface area contributed by atoms with Crippen LogP contribution in [0.2, 0.25) is 0 Å². The van der Waals surface area contributed by atoms with Crippen molar-refractivity contribution in [3.8, 4) is 16.9 Å². The summed E-state index contributed by atoms with van der Waals surface area (Å²) in [6.45, 7) is 2.98. The number of hydrogen-bond donors (Lipinski definition) is 0. The summed E-state index contributed by atoms with van der Waals surface area (Å²) in [5, 5.41) is 19.0. The molecule has 3 rings (SSSR count). The number of non-ortho nitro benzene ring substituents is 1. The molecule has 0 aliphatic carbocycles. The highest BCUT2D eigenvalue weighted by Gasteiger charge is 2.03. The molecule has 0 spiro atoms. The van der Waals surface area contributed by atoms with E-state index in [1.54, 1.807) is 12.1 Å². The molecule has 0 fully saturated rings. The van der Waals surface area contributed by atoms with E-state index in [1.807, 2.05) is 36.4 Å². The lowest BCUT2D eigenvalue weighted by atomic mass is 10.1. The van der Waals surface area contributed by atoms with Crippen LogP contribution in [0.25, 0.3) is 11.1 Å². The number of benzene rings is 3. The van der Waals surface area contributed by atoms with Crippen LogP contribution in [-0.4, -0.2) is 11.5 Å². The van der Waals surface area contributed by atoms with Gasteiger partial charge >= 0.3 is 0 Å². The number of rotatable bonds is 11. The molecule has 0 amide bonds. The van der Waals surface area contributed by atoms with Gasteiger partial charge in [-0.05, 0) is 53.9 Å². The van der Waals surface area contributed by atoms with Crippen molar-refractivity contribution >= 4 is 17.1 Å². The molecule has 160 valence electrons. The second kappa shape index (κ2) is 11.6. The van der Waals surface area contributed by atoms with Crippen LogP contribution in [0.1, 0.15) is 39.0 Å². The molecular weight excluding hydrogens is 390 g/mol. The molecule has 0 aromatic heterocycles. The lowest BCUT2D eigenvalue weighted by Gasteiger charge is -2.07. The lowest BCUT2D eigenvalue weighted by molar-refractivity contribution is -0.384. The van der Waals surface area contributed by atoms with E-state index in [1.165, 1.54) is 37.8 Å². The number of ether oxygens (including phenoxy) is 1. The van der Waals surface area contributed by atoms with Crippen LogP contribution in [0.5, 0.6) is 5.75 Å². The monoisotopic (exact) mass is 417 g/mol. The number of hydrogen-bond acceptors (Lipinski definition) is 5. The molecule has 0 atom stereocenters. The van der Waals surface area contributed by atoms with Crippen molar-refractivity contribution in [3.63, 3.8) is 0 Å². The van der Waals surface area contributed by atoms with E-state index in [0.717, 1.165) is 29.9 Å². The van der Waals surface area contributed by atoms with Gasteiger partial charge in [-0.15, -0.1) is 0 Å². The van der Waals surface area contributed by atoms with Gasteiger partial charge in [0.05, 0.1) is 22.9 Å². The first-order valence-corrected chi connectivity index (χ1v) is 10.6. The molecule has 0 aliphatic rings. The summed E-state index contributed by atoms with van der Waals surface area (Å²) in [6.07, 6.45) is 6.15.